The maximum absolute atomic E-state index is 12.6. The molecule has 0 amide bonds. The third-order valence-corrected chi connectivity index (χ3v) is 2.54. The maximum Gasteiger partial charge on any atom is 0.433 e. The minimum atomic E-state index is -4.36. The van der Waals surface area contributed by atoms with E-state index in [0.29, 0.717) is 0 Å². The molecule has 0 spiro atoms. The molecule has 1 aliphatic heterocycles. The summed E-state index contributed by atoms with van der Waals surface area (Å²) in [7, 11) is 0. The molecule has 1 unspecified atom stereocenters. The molecular formula is C10H11F3N2. The zero-order valence-electron chi connectivity index (χ0n) is 8.01. The minimum Gasteiger partial charge on any atom is -0.310 e. The van der Waals surface area contributed by atoms with Crippen molar-refractivity contribution in [2.45, 2.75) is 25.1 Å². The lowest BCUT2D eigenvalue weighted by Gasteiger charge is -2.16. The molecule has 1 N–H and O–H groups in total. The van der Waals surface area contributed by atoms with Crippen molar-refractivity contribution in [1.82, 2.24) is 10.3 Å². The Morgan fingerprint density at radius 3 is 2.80 bits per heavy atom. The summed E-state index contributed by atoms with van der Waals surface area (Å²) in [5.41, 5.74) is -0.494. The molecule has 82 valence electrons. The molecule has 2 nitrogen and oxygen atoms in total. The average Bonchev–Trinajstić information content (AvgIpc) is 2.69. The standard InChI is InChI=1S/C10H11F3N2/c11-10(12,13)9-7(3-1-6-15-9)8-4-2-5-14-8/h1,3,6,8,14H,2,4-5H2. The van der Waals surface area contributed by atoms with Crippen molar-refractivity contribution >= 4 is 0 Å². The summed E-state index contributed by atoms with van der Waals surface area (Å²) in [6.07, 6.45) is -1.52. The van der Waals surface area contributed by atoms with Crippen molar-refractivity contribution in [3.05, 3.63) is 29.6 Å². The molecule has 2 heterocycles. The highest BCUT2D eigenvalue weighted by Gasteiger charge is 2.37. The van der Waals surface area contributed by atoms with E-state index >= 15 is 0 Å². The summed E-state index contributed by atoms with van der Waals surface area (Å²) in [4.78, 5) is 3.43. The molecular weight excluding hydrogens is 205 g/mol. The molecule has 0 aliphatic carbocycles. The summed E-state index contributed by atoms with van der Waals surface area (Å²) < 4.78 is 37.8. The third-order valence-electron chi connectivity index (χ3n) is 2.54. The van der Waals surface area contributed by atoms with Crippen LogP contribution in [0.15, 0.2) is 18.3 Å². The van der Waals surface area contributed by atoms with Gasteiger partial charge >= 0.3 is 6.18 Å². The average molecular weight is 216 g/mol. The van der Waals surface area contributed by atoms with Gasteiger partial charge in [0.15, 0.2) is 0 Å². The van der Waals surface area contributed by atoms with E-state index in [2.05, 4.69) is 10.3 Å². The number of pyridine rings is 1. The first-order valence-electron chi connectivity index (χ1n) is 4.84. The topological polar surface area (TPSA) is 24.9 Å². The molecule has 1 fully saturated rings. The van der Waals surface area contributed by atoms with Crippen molar-refractivity contribution in [1.29, 1.82) is 0 Å². The largest absolute Gasteiger partial charge is 0.433 e. The number of hydrogen-bond acceptors (Lipinski definition) is 2. The Hall–Kier alpha value is -1.10. The fourth-order valence-electron chi connectivity index (χ4n) is 1.89. The molecule has 1 saturated heterocycles. The molecule has 2 rings (SSSR count). The Labute approximate surface area is 85.5 Å². The highest BCUT2D eigenvalue weighted by atomic mass is 19.4. The van der Waals surface area contributed by atoms with Crippen LogP contribution in [0.25, 0.3) is 0 Å². The van der Waals surface area contributed by atoms with Crippen LogP contribution >= 0.6 is 0 Å². The molecule has 0 saturated carbocycles. The van der Waals surface area contributed by atoms with Gasteiger partial charge in [-0.05, 0) is 31.0 Å². The predicted molar refractivity (Wildman–Crippen MR) is 49.2 cm³/mol. The van der Waals surface area contributed by atoms with Crippen LogP contribution in [-0.4, -0.2) is 11.5 Å². The second-order valence-electron chi connectivity index (χ2n) is 3.59. The fourth-order valence-corrected chi connectivity index (χ4v) is 1.89. The predicted octanol–water partition coefficient (Wildman–Crippen LogP) is 2.52. The molecule has 1 aliphatic rings. The Kier molecular flexibility index (Phi) is 2.65. The van der Waals surface area contributed by atoms with Gasteiger partial charge in [0.05, 0.1) is 0 Å². The lowest BCUT2D eigenvalue weighted by atomic mass is 10.0. The van der Waals surface area contributed by atoms with Crippen molar-refractivity contribution < 1.29 is 13.2 Å². The molecule has 15 heavy (non-hydrogen) atoms. The highest BCUT2D eigenvalue weighted by molar-refractivity contribution is 5.26. The normalized spacial score (nSPS) is 21.9. The van der Waals surface area contributed by atoms with Gasteiger partial charge in [-0.25, -0.2) is 0 Å². The van der Waals surface area contributed by atoms with Gasteiger partial charge in [0.25, 0.3) is 0 Å². The maximum atomic E-state index is 12.6. The molecule has 0 bridgehead atoms. The first-order chi connectivity index (χ1) is 7.09. The second-order valence-corrected chi connectivity index (χ2v) is 3.59. The van der Waals surface area contributed by atoms with Crippen LogP contribution in [-0.2, 0) is 6.18 Å². The van der Waals surface area contributed by atoms with E-state index < -0.39 is 11.9 Å². The smallest absolute Gasteiger partial charge is 0.310 e. The number of nitrogens with zero attached hydrogens (tertiary/aromatic N) is 1. The number of hydrogen-bond donors (Lipinski definition) is 1. The van der Waals surface area contributed by atoms with Gasteiger partial charge in [0, 0.05) is 12.2 Å². The molecule has 1 aromatic rings. The van der Waals surface area contributed by atoms with Gasteiger partial charge in [0.2, 0.25) is 0 Å². The summed E-state index contributed by atoms with van der Waals surface area (Å²) >= 11 is 0. The van der Waals surface area contributed by atoms with Crippen molar-refractivity contribution in [3.63, 3.8) is 0 Å². The number of rotatable bonds is 1. The Morgan fingerprint density at radius 2 is 2.20 bits per heavy atom. The number of aromatic nitrogens is 1. The van der Waals surface area contributed by atoms with Gasteiger partial charge in [-0.15, -0.1) is 0 Å². The minimum absolute atomic E-state index is 0.199. The van der Waals surface area contributed by atoms with Crippen LogP contribution < -0.4 is 5.32 Å². The fraction of sp³-hybridized carbons (Fsp3) is 0.500. The van der Waals surface area contributed by atoms with Gasteiger partial charge < -0.3 is 5.32 Å². The number of alkyl halides is 3. The summed E-state index contributed by atoms with van der Waals surface area (Å²) in [6, 6.07) is 2.85. The van der Waals surface area contributed by atoms with Crippen molar-refractivity contribution in [2.75, 3.05) is 6.54 Å². The van der Waals surface area contributed by atoms with Crippen molar-refractivity contribution in [3.8, 4) is 0 Å². The molecule has 1 atom stereocenters. The number of nitrogens with one attached hydrogen (secondary N) is 1. The van der Waals surface area contributed by atoms with Crippen LogP contribution in [0.2, 0.25) is 0 Å². The lowest BCUT2D eigenvalue weighted by Crippen LogP contribution is -2.19. The summed E-state index contributed by atoms with van der Waals surface area (Å²) in [5.74, 6) is 0. The Balaban J connectivity index is 2.37. The van der Waals surface area contributed by atoms with Crippen LogP contribution in [0.4, 0.5) is 13.2 Å². The quantitative estimate of drug-likeness (QED) is 0.780. The van der Waals surface area contributed by atoms with E-state index in [1.165, 1.54) is 12.3 Å². The van der Waals surface area contributed by atoms with E-state index in [4.69, 9.17) is 0 Å². The van der Waals surface area contributed by atoms with E-state index in [1.807, 2.05) is 0 Å². The molecule has 1 aromatic heterocycles. The van der Waals surface area contributed by atoms with Gasteiger partial charge in [-0.1, -0.05) is 6.07 Å². The van der Waals surface area contributed by atoms with Gasteiger partial charge in [-0.2, -0.15) is 13.2 Å². The molecule has 5 heteroatoms. The van der Waals surface area contributed by atoms with Crippen molar-refractivity contribution in [2.24, 2.45) is 0 Å². The van der Waals surface area contributed by atoms with E-state index in [1.54, 1.807) is 6.07 Å². The number of halogens is 3. The first-order valence-corrected chi connectivity index (χ1v) is 4.84. The van der Waals surface area contributed by atoms with Crippen LogP contribution in [0, 0.1) is 0 Å². The van der Waals surface area contributed by atoms with E-state index in [0.717, 1.165) is 19.4 Å². The summed E-state index contributed by atoms with van der Waals surface area (Å²) in [5, 5.41) is 3.05. The van der Waals surface area contributed by atoms with Crippen LogP contribution in [0.5, 0.6) is 0 Å². The zero-order valence-corrected chi connectivity index (χ0v) is 8.01. The monoisotopic (exact) mass is 216 g/mol. The first kappa shape index (κ1) is 10.4. The Bertz CT molecular complexity index is 343. The zero-order chi connectivity index (χ0) is 10.9. The second kappa shape index (κ2) is 3.81. The van der Waals surface area contributed by atoms with Crippen LogP contribution in [0.1, 0.15) is 30.1 Å². The van der Waals surface area contributed by atoms with E-state index in [9.17, 15) is 13.2 Å². The van der Waals surface area contributed by atoms with Gasteiger partial charge in [0.1, 0.15) is 5.69 Å². The molecule has 0 radical (unpaired) electrons. The van der Waals surface area contributed by atoms with Crippen LogP contribution in [0.3, 0.4) is 0 Å². The highest BCUT2D eigenvalue weighted by Crippen LogP contribution is 2.35. The molecule has 0 aromatic carbocycles. The van der Waals surface area contributed by atoms with E-state index in [-0.39, 0.29) is 11.6 Å². The third kappa shape index (κ3) is 2.12. The Morgan fingerprint density at radius 1 is 1.40 bits per heavy atom. The van der Waals surface area contributed by atoms with Gasteiger partial charge in [-0.3, -0.25) is 4.98 Å². The summed E-state index contributed by atoms with van der Waals surface area (Å²) in [6.45, 7) is 0.775. The SMILES string of the molecule is FC(F)(F)c1ncccc1C1CCCN1. The lowest BCUT2D eigenvalue weighted by molar-refractivity contribution is -0.142.